The van der Waals surface area contributed by atoms with Crippen LogP contribution in [0, 0.1) is 0 Å². The molecule has 0 saturated carbocycles. The Bertz CT molecular complexity index is 451. The highest BCUT2D eigenvalue weighted by atomic mass is 32.1. The highest BCUT2D eigenvalue weighted by Crippen LogP contribution is 2.13. The second-order valence-electron chi connectivity index (χ2n) is 4.42. The lowest BCUT2D eigenvalue weighted by Gasteiger charge is -2.13. The van der Waals surface area contributed by atoms with E-state index in [1.807, 2.05) is 24.6 Å². The van der Waals surface area contributed by atoms with Gasteiger partial charge in [-0.05, 0) is 30.7 Å². The van der Waals surface area contributed by atoms with Gasteiger partial charge in [0.15, 0.2) is 0 Å². The molecule has 0 bridgehead atoms. The average molecular weight is 265 g/mol. The first-order chi connectivity index (χ1) is 8.78. The van der Waals surface area contributed by atoms with Crippen molar-refractivity contribution in [3.63, 3.8) is 0 Å². The lowest BCUT2D eigenvalue weighted by atomic mass is 10.1. The molecule has 0 aliphatic rings. The van der Waals surface area contributed by atoms with Crippen LogP contribution < -0.4 is 11.3 Å². The number of aryl methyl sites for hydroxylation is 2. The van der Waals surface area contributed by atoms with E-state index in [-0.39, 0.29) is 6.04 Å². The van der Waals surface area contributed by atoms with Gasteiger partial charge in [-0.1, -0.05) is 11.3 Å². The first-order valence-electron chi connectivity index (χ1n) is 6.11. The SMILES string of the molecule is Cn1cc(CC(CCCc2cccs2)NN)nn1. The maximum absolute atomic E-state index is 5.58. The van der Waals surface area contributed by atoms with Crippen molar-refractivity contribution in [2.24, 2.45) is 12.9 Å². The molecule has 0 aliphatic heterocycles. The van der Waals surface area contributed by atoms with Crippen LogP contribution in [0.25, 0.3) is 0 Å². The van der Waals surface area contributed by atoms with Gasteiger partial charge in [-0.15, -0.1) is 16.4 Å². The third kappa shape index (κ3) is 3.90. The highest BCUT2D eigenvalue weighted by Gasteiger charge is 2.10. The monoisotopic (exact) mass is 265 g/mol. The van der Waals surface area contributed by atoms with Crippen LogP contribution >= 0.6 is 11.3 Å². The fourth-order valence-corrected chi connectivity index (χ4v) is 2.71. The normalized spacial score (nSPS) is 12.8. The van der Waals surface area contributed by atoms with Crippen molar-refractivity contribution in [2.45, 2.75) is 31.7 Å². The van der Waals surface area contributed by atoms with Crippen molar-refractivity contribution in [1.82, 2.24) is 20.4 Å². The minimum absolute atomic E-state index is 0.265. The van der Waals surface area contributed by atoms with E-state index in [4.69, 9.17) is 5.84 Å². The Kier molecular flexibility index (Phi) is 4.86. The van der Waals surface area contributed by atoms with Gasteiger partial charge in [-0.2, -0.15) is 0 Å². The van der Waals surface area contributed by atoms with Crippen LogP contribution in [0.1, 0.15) is 23.4 Å². The largest absolute Gasteiger partial charge is 0.271 e. The molecule has 0 aliphatic carbocycles. The molecular weight excluding hydrogens is 246 g/mol. The molecule has 2 rings (SSSR count). The minimum atomic E-state index is 0.265. The smallest absolute Gasteiger partial charge is 0.0843 e. The second kappa shape index (κ2) is 6.63. The molecule has 6 heteroatoms. The Morgan fingerprint density at radius 3 is 3.06 bits per heavy atom. The van der Waals surface area contributed by atoms with E-state index < -0.39 is 0 Å². The molecule has 5 nitrogen and oxygen atoms in total. The van der Waals surface area contributed by atoms with Crippen LogP contribution in [0.2, 0.25) is 0 Å². The number of hydrazine groups is 1. The van der Waals surface area contributed by atoms with Gasteiger partial charge in [0, 0.05) is 30.6 Å². The first kappa shape index (κ1) is 13.2. The Labute approximate surface area is 111 Å². The Hall–Kier alpha value is -1.24. The predicted molar refractivity (Wildman–Crippen MR) is 73.1 cm³/mol. The third-order valence-corrected chi connectivity index (χ3v) is 3.83. The molecule has 2 aromatic rings. The number of thiophene rings is 1. The quantitative estimate of drug-likeness (QED) is 0.584. The molecule has 1 unspecified atom stereocenters. The highest BCUT2D eigenvalue weighted by molar-refractivity contribution is 7.09. The zero-order chi connectivity index (χ0) is 12.8. The van der Waals surface area contributed by atoms with Gasteiger partial charge < -0.3 is 0 Å². The number of hydrogen-bond donors (Lipinski definition) is 2. The maximum atomic E-state index is 5.58. The summed E-state index contributed by atoms with van der Waals surface area (Å²) >= 11 is 1.81. The summed E-state index contributed by atoms with van der Waals surface area (Å²) in [6, 6.07) is 4.54. The van der Waals surface area contributed by atoms with Crippen molar-refractivity contribution in [3.05, 3.63) is 34.3 Å². The second-order valence-corrected chi connectivity index (χ2v) is 5.46. The number of hydrogen-bond acceptors (Lipinski definition) is 5. The molecule has 1 atom stereocenters. The topological polar surface area (TPSA) is 68.8 Å². The summed E-state index contributed by atoms with van der Waals surface area (Å²) in [5, 5.41) is 10.1. The van der Waals surface area contributed by atoms with E-state index in [0.717, 1.165) is 31.4 Å². The zero-order valence-electron chi connectivity index (χ0n) is 10.5. The predicted octanol–water partition coefficient (Wildman–Crippen LogP) is 1.27. The molecule has 0 fully saturated rings. The summed E-state index contributed by atoms with van der Waals surface area (Å²) in [4.78, 5) is 1.44. The van der Waals surface area contributed by atoms with Crippen molar-refractivity contribution in [1.29, 1.82) is 0 Å². The van der Waals surface area contributed by atoms with Crippen LogP contribution in [-0.4, -0.2) is 21.0 Å². The van der Waals surface area contributed by atoms with Gasteiger partial charge in [0.05, 0.1) is 5.69 Å². The van der Waals surface area contributed by atoms with Crippen molar-refractivity contribution >= 4 is 11.3 Å². The Balaban J connectivity index is 1.75. The minimum Gasteiger partial charge on any atom is -0.271 e. The van der Waals surface area contributed by atoms with Crippen LogP contribution in [0.15, 0.2) is 23.7 Å². The summed E-state index contributed by atoms with van der Waals surface area (Å²) in [5.41, 5.74) is 3.85. The molecule has 0 radical (unpaired) electrons. The van der Waals surface area contributed by atoms with Crippen LogP contribution in [0.4, 0.5) is 0 Å². The Morgan fingerprint density at radius 2 is 2.44 bits per heavy atom. The summed E-state index contributed by atoms with van der Waals surface area (Å²) in [6.07, 6.45) is 6.06. The molecule has 0 amide bonds. The molecule has 0 spiro atoms. The lowest BCUT2D eigenvalue weighted by Crippen LogP contribution is -2.36. The molecule has 0 saturated heterocycles. The molecular formula is C12H19N5S. The lowest BCUT2D eigenvalue weighted by molar-refractivity contribution is 0.473. The first-order valence-corrected chi connectivity index (χ1v) is 6.99. The summed E-state index contributed by atoms with van der Waals surface area (Å²) in [7, 11) is 1.87. The molecule has 2 heterocycles. The molecule has 18 heavy (non-hydrogen) atoms. The summed E-state index contributed by atoms with van der Waals surface area (Å²) in [6.45, 7) is 0. The standard InChI is InChI=1S/C12H19N5S/c1-17-9-11(15-16-17)8-10(14-13)4-2-5-12-6-3-7-18-12/h3,6-7,9-10,14H,2,4-5,8,13H2,1H3. The van der Waals surface area contributed by atoms with Gasteiger partial charge in [-0.3, -0.25) is 16.0 Å². The van der Waals surface area contributed by atoms with Crippen molar-refractivity contribution in [3.8, 4) is 0 Å². The van der Waals surface area contributed by atoms with E-state index in [1.165, 1.54) is 4.88 Å². The number of rotatable bonds is 7. The van der Waals surface area contributed by atoms with E-state index >= 15 is 0 Å². The summed E-state index contributed by atoms with van der Waals surface area (Å²) in [5.74, 6) is 5.58. The third-order valence-electron chi connectivity index (χ3n) is 2.90. The van der Waals surface area contributed by atoms with Gasteiger partial charge in [0.2, 0.25) is 0 Å². The molecule has 3 N–H and O–H groups in total. The molecule has 0 aromatic carbocycles. The number of nitrogens with zero attached hydrogens (tertiary/aromatic N) is 3. The van der Waals surface area contributed by atoms with Crippen LogP contribution in [0.5, 0.6) is 0 Å². The molecule has 2 aromatic heterocycles. The summed E-state index contributed by atoms with van der Waals surface area (Å²) < 4.78 is 1.72. The molecule has 98 valence electrons. The maximum Gasteiger partial charge on any atom is 0.0843 e. The van der Waals surface area contributed by atoms with Crippen molar-refractivity contribution < 1.29 is 0 Å². The van der Waals surface area contributed by atoms with E-state index in [1.54, 1.807) is 4.68 Å². The average Bonchev–Trinajstić information content (AvgIpc) is 3.00. The van der Waals surface area contributed by atoms with Crippen LogP contribution in [-0.2, 0) is 19.9 Å². The number of aromatic nitrogens is 3. The zero-order valence-corrected chi connectivity index (χ0v) is 11.4. The fraction of sp³-hybridized carbons (Fsp3) is 0.500. The van der Waals surface area contributed by atoms with E-state index in [0.29, 0.717) is 0 Å². The van der Waals surface area contributed by atoms with E-state index in [2.05, 4.69) is 33.3 Å². The van der Waals surface area contributed by atoms with Gasteiger partial charge in [0.25, 0.3) is 0 Å². The fourth-order valence-electron chi connectivity index (χ4n) is 1.96. The van der Waals surface area contributed by atoms with E-state index in [9.17, 15) is 0 Å². The van der Waals surface area contributed by atoms with Crippen molar-refractivity contribution in [2.75, 3.05) is 0 Å². The van der Waals surface area contributed by atoms with Gasteiger partial charge in [0.1, 0.15) is 0 Å². The van der Waals surface area contributed by atoms with Gasteiger partial charge in [-0.25, -0.2) is 0 Å². The van der Waals surface area contributed by atoms with Crippen LogP contribution in [0.3, 0.4) is 0 Å². The van der Waals surface area contributed by atoms with Gasteiger partial charge >= 0.3 is 0 Å². The number of nitrogens with two attached hydrogens (primary N) is 1. The Morgan fingerprint density at radius 1 is 1.56 bits per heavy atom. The number of nitrogens with one attached hydrogen (secondary N) is 1.